The summed E-state index contributed by atoms with van der Waals surface area (Å²) in [4.78, 5) is 17.1. The van der Waals surface area contributed by atoms with Crippen molar-refractivity contribution < 1.29 is 19.7 Å². The summed E-state index contributed by atoms with van der Waals surface area (Å²) in [6, 6.07) is 16.5. The number of anilines is 1. The highest BCUT2D eigenvalue weighted by Gasteiger charge is 2.19. The Bertz CT molecular complexity index is 960. The maximum atomic E-state index is 11.7. The van der Waals surface area contributed by atoms with Gasteiger partial charge in [0.05, 0.1) is 11.8 Å². The number of aromatic nitrogens is 1. The number of hydrogen-bond donors (Lipinski definition) is 4. The lowest BCUT2D eigenvalue weighted by atomic mass is 10.00. The number of aliphatic hydroxyl groups is 2. The fraction of sp³-hybridized carbons (Fsp3) is 0.273. The van der Waals surface area contributed by atoms with Gasteiger partial charge in [-0.1, -0.05) is 54.6 Å². The molecule has 0 bridgehead atoms. The minimum Gasteiger partial charge on any atom is -0.445 e. The Kier molecular flexibility index (Phi) is 7.40. The average molecular weight is 428 g/mol. The lowest BCUT2D eigenvalue weighted by molar-refractivity contribution is 0.0136. The van der Waals surface area contributed by atoms with E-state index in [4.69, 9.17) is 10.5 Å². The smallest absolute Gasteiger partial charge is 0.407 e. The fourth-order valence-corrected chi connectivity index (χ4v) is 3.71. The van der Waals surface area contributed by atoms with E-state index in [0.29, 0.717) is 10.7 Å². The number of aliphatic hydroxyl groups excluding tert-OH is 2. The molecule has 0 saturated carbocycles. The number of carbonyl (C=O) groups excluding carboxylic acids is 1. The Balaban J connectivity index is 1.45. The second kappa shape index (κ2) is 10.2. The summed E-state index contributed by atoms with van der Waals surface area (Å²) in [6.45, 7) is 2.31. The zero-order valence-corrected chi connectivity index (χ0v) is 17.4. The molecule has 0 aliphatic rings. The van der Waals surface area contributed by atoms with E-state index in [9.17, 15) is 15.0 Å². The highest BCUT2D eigenvalue weighted by Crippen LogP contribution is 2.30. The third-order valence-corrected chi connectivity index (χ3v) is 5.43. The predicted molar refractivity (Wildman–Crippen MR) is 117 cm³/mol. The molecule has 1 heterocycles. The van der Waals surface area contributed by atoms with Crippen molar-refractivity contribution in [3.63, 3.8) is 0 Å². The van der Waals surface area contributed by atoms with Crippen LogP contribution >= 0.6 is 11.3 Å². The number of nitrogens with two attached hydrogens (primary N) is 1. The van der Waals surface area contributed by atoms with E-state index in [-0.39, 0.29) is 19.6 Å². The van der Waals surface area contributed by atoms with E-state index in [1.165, 1.54) is 11.3 Å². The molecule has 1 amide bonds. The highest BCUT2D eigenvalue weighted by atomic mass is 32.1. The summed E-state index contributed by atoms with van der Waals surface area (Å²) in [5.74, 6) is 0. The Morgan fingerprint density at radius 3 is 2.50 bits per heavy atom. The fourth-order valence-electron chi connectivity index (χ4n) is 3.00. The van der Waals surface area contributed by atoms with Crippen LogP contribution in [0.1, 0.15) is 28.5 Å². The van der Waals surface area contributed by atoms with Gasteiger partial charge in [0.15, 0.2) is 5.13 Å². The molecule has 3 aromatic rings. The maximum absolute atomic E-state index is 11.7. The van der Waals surface area contributed by atoms with Crippen LogP contribution in [0.2, 0.25) is 0 Å². The summed E-state index contributed by atoms with van der Waals surface area (Å²) < 4.78 is 5.11. The van der Waals surface area contributed by atoms with E-state index in [2.05, 4.69) is 10.3 Å². The number of thiazole rings is 1. The number of aryl methyl sites for hydroxylation is 1. The SMILES string of the molecule is Cc1sc(N)nc1-c1ccc(C(O)C(O)CCNC(=O)OCc2ccccc2)cc1. The number of nitrogen functional groups attached to an aromatic ring is 1. The normalized spacial score (nSPS) is 12.9. The molecule has 0 fully saturated rings. The molecule has 0 aliphatic heterocycles. The monoisotopic (exact) mass is 427 g/mol. The maximum Gasteiger partial charge on any atom is 0.407 e. The molecule has 1 aromatic heterocycles. The molecule has 0 spiro atoms. The Morgan fingerprint density at radius 1 is 1.17 bits per heavy atom. The van der Waals surface area contributed by atoms with Crippen molar-refractivity contribution in [2.75, 3.05) is 12.3 Å². The van der Waals surface area contributed by atoms with Gasteiger partial charge in [-0.25, -0.2) is 9.78 Å². The number of benzene rings is 2. The van der Waals surface area contributed by atoms with Gasteiger partial charge in [-0.15, -0.1) is 11.3 Å². The molecule has 0 radical (unpaired) electrons. The Morgan fingerprint density at radius 2 is 1.87 bits per heavy atom. The molecule has 2 atom stereocenters. The van der Waals surface area contributed by atoms with E-state index >= 15 is 0 Å². The number of rotatable bonds is 8. The molecule has 0 saturated heterocycles. The van der Waals surface area contributed by atoms with Crippen LogP contribution in [0, 0.1) is 6.92 Å². The lowest BCUT2D eigenvalue weighted by Crippen LogP contribution is -2.29. The van der Waals surface area contributed by atoms with Crippen molar-refractivity contribution in [1.29, 1.82) is 0 Å². The zero-order valence-electron chi connectivity index (χ0n) is 16.6. The third-order valence-electron chi connectivity index (χ3n) is 4.63. The first kappa shape index (κ1) is 21.8. The molecular weight excluding hydrogens is 402 g/mol. The van der Waals surface area contributed by atoms with Gasteiger partial charge in [0.25, 0.3) is 0 Å². The van der Waals surface area contributed by atoms with Crippen molar-refractivity contribution in [3.05, 3.63) is 70.6 Å². The first-order valence-electron chi connectivity index (χ1n) is 9.58. The molecule has 2 aromatic carbocycles. The summed E-state index contributed by atoms with van der Waals surface area (Å²) in [5, 5.41) is 23.7. The molecular formula is C22H25N3O4S. The quantitative estimate of drug-likeness (QED) is 0.438. The van der Waals surface area contributed by atoms with Crippen molar-refractivity contribution in [2.45, 2.75) is 32.2 Å². The number of nitrogens with one attached hydrogen (secondary N) is 1. The van der Waals surface area contributed by atoms with Crippen LogP contribution in [0.3, 0.4) is 0 Å². The van der Waals surface area contributed by atoms with Crippen molar-refractivity contribution >= 4 is 22.6 Å². The number of ether oxygens (including phenoxy) is 1. The number of hydrogen-bond acceptors (Lipinski definition) is 7. The molecule has 5 N–H and O–H groups in total. The van der Waals surface area contributed by atoms with Crippen LogP contribution in [0.5, 0.6) is 0 Å². The molecule has 30 heavy (non-hydrogen) atoms. The van der Waals surface area contributed by atoms with Crippen LogP contribution in [0.25, 0.3) is 11.3 Å². The van der Waals surface area contributed by atoms with Crippen LogP contribution in [0.15, 0.2) is 54.6 Å². The molecule has 0 aliphatic carbocycles. The van der Waals surface area contributed by atoms with Gasteiger partial charge < -0.3 is 26.0 Å². The molecule has 8 heteroatoms. The second-order valence-electron chi connectivity index (χ2n) is 6.87. The lowest BCUT2D eigenvalue weighted by Gasteiger charge is -2.18. The highest BCUT2D eigenvalue weighted by molar-refractivity contribution is 7.15. The minimum absolute atomic E-state index is 0.175. The summed E-state index contributed by atoms with van der Waals surface area (Å²) in [6.07, 6.45) is -2.47. The van der Waals surface area contributed by atoms with Gasteiger partial charge in [0.1, 0.15) is 12.7 Å². The van der Waals surface area contributed by atoms with Gasteiger partial charge in [0, 0.05) is 17.0 Å². The van der Waals surface area contributed by atoms with Crippen LogP contribution < -0.4 is 11.1 Å². The molecule has 158 valence electrons. The minimum atomic E-state index is -1.07. The van der Waals surface area contributed by atoms with Crippen LogP contribution in [0.4, 0.5) is 9.93 Å². The summed E-state index contributed by atoms with van der Waals surface area (Å²) in [7, 11) is 0. The van der Waals surface area contributed by atoms with Crippen molar-refractivity contribution in [2.24, 2.45) is 0 Å². The first-order valence-corrected chi connectivity index (χ1v) is 10.4. The van der Waals surface area contributed by atoms with Crippen molar-refractivity contribution in [3.8, 4) is 11.3 Å². The van der Waals surface area contributed by atoms with E-state index < -0.39 is 18.3 Å². The van der Waals surface area contributed by atoms with Crippen molar-refractivity contribution in [1.82, 2.24) is 10.3 Å². The van der Waals surface area contributed by atoms with Gasteiger partial charge in [-0.3, -0.25) is 0 Å². The topological polar surface area (TPSA) is 118 Å². The third kappa shape index (κ3) is 5.79. The Labute approximate surface area is 179 Å². The van der Waals surface area contributed by atoms with Gasteiger partial charge in [-0.05, 0) is 24.5 Å². The van der Waals surface area contributed by atoms with Crippen LogP contribution in [-0.2, 0) is 11.3 Å². The summed E-state index contributed by atoms with van der Waals surface area (Å²) >= 11 is 1.43. The largest absolute Gasteiger partial charge is 0.445 e. The van der Waals surface area contributed by atoms with Gasteiger partial charge in [-0.2, -0.15) is 0 Å². The predicted octanol–water partition coefficient (Wildman–Crippen LogP) is 3.41. The number of alkyl carbamates (subject to hydrolysis) is 1. The Hall–Kier alpha value is -2.94. The number of carbonyl (C=O) groups is 1. The molecule has 3 rings (SSSR count). The number of nitrogens with zero attached hydrogens (tertiary/aromatic N) is 1. The molecule has 2 unspecified atom stereocenters. The van der Waals surface area contributed by atoms with E-state index in [0.717, 1.165) is 21.7 Å². The summed E-state index contributed by atoms with van der Waals surface area (Å²) in [5.41, 5.74) is 8.93. The number of amides is 1. The van der Waals surface area contributed by atoms with Crippen LogP contribution in [-0.4, -0.2) is 33.9 Å². The standard InChI is InChI=1S/C22H25N3O4S/c1-14-19(25-21(23)30-14)16-7-9-17(10-8-16)20(27)18(26)11-12-24-22(28)29-13-15-5-3-2-4-6-15/h2-10,18,20,26-27H,11-13H2,1H3,(H2,23,25)(H,24,28). The van der Waals surface area contributed by atoms with E-state index in [1.54, 1.807) is 12.1 Å². The van der Waals surface area contributed by atoms with Gasteiger partial charge in [0.2, 0.25) is 0 Å². The second-order valence-corrected chi connectivity index (χ2v) is 8.10. The molecule has 7 nitrogen and oxygen atoms in total. The first-order chi connectivity index (χ1) is 14.4. The average Bonchev–Trinajstić information content (AvgIpc) is 3.10. The zero-order chi connectivity index (χ0) is 21.5. The van der Waals surface area contributed by atoms with Gasteiger partial charge >= 0.3 is 6.09 Å². The van der Waals surface area contributed by atoms with E-state index in [1.807, 2.05) is 49.4 Å².